The molecule has 2 aromatic carbocycles. The lowest BCUT2D eigenvalue weighted by molar-refractivity contribution is -0.135. The lowest BCUT2D eigenvalue weighted by Crippen LogP contribution is -2.59. The Bertz CT molecular complexity index is 1710. The van der Waals surface area contributed by atoms with Crippen molar-refractivity contribution >= 4 is 29.4 Å². The van der Waals surface area contributed by atoms with Crippen molar-refractivity contribution < 1.29 is 33.2 Å². The molecule has 52 heavy (non-hydrogen) atoms. The van der Waals surface area contributed by atoms with Crippen LogP contribution in [-0.2, 0) is 48.0 Å². The van der Waals surface area contributed by atoms with Crippen LogP contribution >= 0.6 is 0 Å². The van der Waals surface area contributed by atoms with Crippen LogP contribution in [0.5, 0.6) is 0 Å². The van der Waals surface area contributed by atoms with Gasteiger partial charge in [0, 0.05) is 12.5 Å². The molecule has 5 atom stereocenters. The van der Waals surface area contributed by atoms with Gasteiger partial charge in [-0.05, 0) is 55.6 Å². The Kier molecular flexibility index (Phi) is 14.1. The summed E-state index contributed by atoms with van der Waals surface area (Å²) < 4.78 is 10.0. The number of amides is 4. The van der Waals surface area contributed by atoms with Gasteiger partial charge in [-0.2, -0.15) is 0 Å². The van der Waals surface area contributed by atoms with Crippen LogP contribution in [0.1, 0.15) is 70.7 Å². The summed E-state index contributed by atoms with van der Waals surface area (Å²) in [5.41, 5.74) is 0.424. The maximum Gasteiger partial charge on any atom is 0.357 e. The molecule has 4 amide bonds. The first-order chi connectivity index (χ1) is 24.7. The standard InChI is InChI=1S/C39H51N5O8/c1-24(2)18-30(35(47)39(5)23-51-39)41-38(50)32(20-27-14-10-7-11-15-27)43-37(49)31(19-25(3)4)42-36(48)29(17-16-26-12-8-6-9-13-26)40-33(45)21-28-22-34(46)52-44-28/h6-15,22,24-25,29-32,44H,16-21,23H2,1-5H3,(H,40,45)(H,41,50)(H,42,48)(H,43,49). The first-order valence-corrected chi connectivity index (χ1v) is 17.9. The minimum atomic E-state index is -1.07. The molecule has 0 spiro atoms. The zero-order chi connectivity index (χ0) is 37.8. The van der Waals surface area contributed by atoms with E-state index < -0.39 is 59.0 Å². The van der Waals surface area contributed by atoms with Gasteiger partial charge in [-0.3, -0.25) is 24.0 Å². The molecular weight excluding hydrogens is 666 g/mol. The molecule has 1 aromatic heterocycles. The fourth-order valence-electron chi connectivity index (χ4n) is 5.95. The average Bonchev–Trinajstić information content (AvgIpc) is 3.73. The van der Waals surface area contributed by atoms with Crippen LogP contribution in [0.3, 0.4) is 0 Å². The predicted molar refractivity (Wildman–Crippen MR) is 194 cm³/mol. The van der Waals surface area contributed by atoms with Crippen molar-refractivity contribution in [2.24, 2.45) is 11.8 Å². The van der Waals surface area contributed by atoms with Gasteiger partial charge >= 0.3 is 5.63 Å². The molecule has 0 saturated carbocycles. The van der Waals surface area contributed by atoms with Crippen LogP contribution in [-0.4, -0.2) is 70.9 Å². The number of aromatic amines is 1. The van der Waals surface area contributed by atoms with E-state index in [9.17, 15) is 28.8 Å². The number of ketones is 1. The van der Waals surface area contributed by atoms with Gasteiger partial charge in [0.05, 0.1) is 24.8 Å². The molecule has 1 saturated heterocycles. The Morgan fingerprint density at radius 1 is 0.731 bits per heavy atom. The SMILES string of the molecule is CC(C)CC(NC(=O)C(CCc1ccccc1)NC(=O)Cc1cc(=O)o[nH]1)C(=O)NC(Cc1ccccc1)C(=O)NC(CC(C)C)C(=O)C1(C)CO1. The van der Waals surface area contributed by atoms with E-state index in [0.717, 1.165) is 17.2 Å². The summed E-state index contributed by atoms with van der Waals surface area (Å²) in [5, 5.41) is 13.7. The second kappa shape index (κ2) is 18.5. The Morgan fingerprint density at radius 3 is 1.81 bits per heavy atom. The van der Waals surface area contributed by atoms with Gasteiger partial charge in [0.2, 0.25) is 23.6 Å². The summed E-state index contributed by atoms with van der Waals surface area (Å²) in [4.78, 5) is 79.6. The first kappa shape index (κ1) is 39.7. The fraction of sp³-hybridized carbons (Fsp3) is 0.487. The molecule has 5 N–H and O–H groups in total. The van der Waals surface area contributed by atoms with E-state index in [4.69, 9.17) is 4.74 Å². The van der Waals surface area contributed by atoms with E-state index in [0.29, 0.717) is 12.8 Å². The topological polar surface area (TPSA) is 192 Å². The average molecular weight is 718 g/mol. The molecule has 0 bridgehead atoms. The molecule has 5 unspecified atom stereocenters. The fourth-order valence-corrected chi connectivity index (χ4v) is 5.95. The van der Waals surface area contributed by atoms with Crippen molar-refractivity contribution in [3.8, 4) is 0 Å². The van der Waals surface area contributed by atoms with Crippen molar-refractivity contribution in [2.45, 2.75) is 103 Å². The number of H-pyrrole nitrogens is 1. The van der Waals surface area contributed by atoms with Gasteiger partial charge in [-0.15, -0.1) is 0 Å². The van der Waals surface area contributed by atoms with Gasteiger partial charge < -0.3 is 30.5 Å². The van der Waals surface area contributed by atoms with Crippen LogP contribution in [0, 0.1) is 11.8 Å². The van der Waals surface area contributed by atoms with E-state index in [2.05, 4.69) is 30.9 Å². The molecule has 0 aliphatic carbocycles. The summed E-state index contributed by atoms with van der Waals surface area (Å²) in [6, 6.07) is 15.9. The number of rotatable bonds is 20. The van der Waals surface area contributed by atoms with Crippen molar-refractivity contribution in [1.29, 1.82) is 0 Å². The van der Waals surface area contributed by atoms with E-state index in [1.165, 1.54) is 0 Å². The maximum atomic E-state index is 14.0. The summed E-state index contributed by atoms with van der Waals surface area (Å²) >= 11 is 0. The maximum absolute atomic E-state index is 14.0. The molecule has 0 radical (unpaired) electrons. The van der Waals surface area contributed by atoms with Crippen LogP contribution in [0.25, 0.3) is 0 Å². The second-order valence-corrected chi connectivity index (χ2v) is 14.5. The van der Waals surface area contributed by atoms with Crippen molar-refractivity contribution in [1.82, 2.24) is 26.4 Å². The number of nitrogens with one attached hydrogen (secondary N) is 5. The molecule has 13 heteroatoms. The summed E-state index contributed by atoms with van der Waals surface area (Å²) in [7, 11) is 0. The molecule has 4 rings (SSSR count). The minimum absolute atomic E-state index is 0.0277. The Balaban J connectivity index is 1.53. The number of carbonyl (C=O) groups is 5. The monoisotopic (exact) mass is 717 g/mol. The van der Waals surface area contributed by atoms with Crippen LogP contribution < -0.4 is 26.9 Å². The van der Waals surface area contributed by atoms with Gasteiger partial charge in [-0.25, -0.2) is 9.95 Å². The Morgan fingerprint density at radius 2 is 1.25 bits per heavy atom. The second-order valence-electron chi connectivity index (χ2n) is 14.5. The van der Waals surface area contributed by atoms with Crippen molar-refractivity contribution in [3.63, 3.8) is 0 Å². The largest absolute Gasteiger partial charge is 0.361 e. The van der Waals surface area contributed by atoms with E-state index >= 15 is 0 Å². The zero-order valence-electron chi connectivity index (χ0n) is 30.5. The lowest BCUT2D eigenvalue weighted by Gasteiger charge is -2.28. The number of ether oxygens (including phenoxy) is 1. The number of aryl methyl sites for hydroxylation is 1. The van der Waals surface area contributed by atoms with E-state index in [1.54, 1.807) is 6.92 Å². The number of epoxide rings is 1. The molecule has 3 aromatic rings. The van der Waals surface area contributed by atoms with Gasteiger partial charge in [0.1, 0.15) is 23.7 Å². The third-order valence-corrected chi connectivity index (χ3v) is 8.84. The Hall–Kier alpha value is -5.04. The van der Waals surface area contributed by atoms with Gasteiger partial charge in [-0.1, -0.05) is 88.4 Å². The van der Waals surface area contributed by atoms with Crippen molar-refractivity contribution in [2.75, 3.05) is 6.61 Å². The number of aromatic nitrogens is 1. The Labute approximate surface area is 304 Å². The molecule has 13 nitrogen and oxygen atoms in total. The molecule has 2 heterocycles. The molecule has 1 fully saturated rings. The van der Waals surface area contributed by atoms with Crippen LogP contribution in [0.4, 0.5) is 0 Å². The molecule has 1 aliphatic heterocycles. The third-order valence-electron chi connectivity index (χ3n) is 8.84. The third kappa shape index (κ3) is 12.3. The van der Waals surface area contributed by atoms with E-state index in [-0.39, 0.29) is 55.6 Å². The van der Waals surface area contributed by atoms with E-state index in [1.807, 2.05) is 88.4 Å². The number of benzene rings is 2. The molecular formula is C39H51N5O8. The molecule has 1 aliphatic rings. The first-order valence-electron chi connectivity index (χ1n) is 17.9. The van der Waals surface area contributed by atoms with Crippen LogP contribution in [0.15, 0.2) is 76.0 Å². The minimum Gasteiger partial charge on any atom is -0.361 e. The summed E-state index contributed by atoms with van der Waals surface area (Å²) in [6.07, 6.45) is 1.25. The molecule has 280 valence electrons. The lowest BCUT2D eigenvalue weighted by atomic mass is 9.93. The van der Waals surface area contributed by atoms with Gasteiger partial charge in [0.15, 0.2) is 5.78 Å². The zero-order valence-corrected chi connectivity index (χ0v) is 30.5. The normalized spacial score (nSPS) is 17.4. The summed E-state index contributed by atoms with van der Waals surface area (Å²) in [5.74, 6) is -2.35. The number of hydrogen-bond acceptors (Lipinski definition) is 8. The number of carbonyl (C=O) groups excluding carboxylic acids is 5. The highest BCUT2D eigenvalue weighted by molar-refractivity contribution is 5.98. The quantitative estimate of drug-likeness (QED) is 0.110. The highest BCUT2D eigenvalue weighted by atomic mass is 16.6. The summed E-state index contributed by atoms with van der Waals surface area (Å²) in [6.45, 7) is 9.71. The predicted octanol–water partition coefficient (Wildman–Crippen LogP) is 2.78. The highest BCUT2D eigenvalue weighted by Crippen LogP contribution is 2.29. The number of hydrogen-bond donors (Lipinski definition) is 5. The van der Waals surface area contributed by atoms with Gasteiger partial charge in [0.25, 0.3) is 0 Å². The highest BCUT2D eigenvalue weighted by Gasteiger charge is 2.50. The smallest absolute Gasteiger partial charge is 0.357 e. The van der Waals surface area contributed by atoms with Crippen molar-refractivity contribution in [3.05, 3.63) is 94.0 Å². The number of Topliss-reactive ketones (excluding diaryl/α,β-unsaturated/α-hetero) is 1. The van der Waals surface area contributed by atoms with Crippen LogP contribution in [0.2, 0.25) is 0 Å².